The lowest BCUT2D eigenvalue weighted by Crippen LogP contribution is -2.46. The zero-order valence-corrected chi connectivity index (χ0v) is 16.5. The fraction of sp³-hybridized carbons (Fsp3) is 0.474. The maximum Gasteiger partial charge on any atom is 0.133 e. The molecule has 0 radical (unpaired) electrons. The van der Waals surface area contributed by atoms with Gasteiger partial charge in [-0.05, 0) is 24.6 Å². The number of halogens is 2. The van der Waals surface area contributed by atoms with E-state index in [1.807, 2.05) is 25.1 Å². The second-order valence-corrected chi connectivity index (χ2v) is 7.72. The summed E-state index contributed by atoms with van der Waals surface area (Å²) < 4.78 is 0. The van der Waals surface area contributed by atoms with E-state index in [9.17, 15) is 0 Å². The molecular weight excluding hydrogens is 355 g/mol. The van der Waals surface area contributed by atoms with Gasteiger partial charge in [0, 0.05) is 60.4 Å². The van der Waals surface area contributed by atoms with Crippen molar-refractivity contribution in [2.24, 2.45) is 0 Å². The zero-order valence-electron chi connectivity index (χ0n) is 15.0. The summed E-state index contributed by atoms with van der Waals surface area (Å²) in [5.74, 6) is 2.30. The second kappa shape index (κ2) is 7.90. The largest absolute Gasteiger partial charge is 0.354 e. The fourth-order valence-electron chi connectivity index (χ4n) is 3.02. The summed E-state index contributed by atoms with van der Waals surface area (Å²) in [6.07, 6.45) is 0. The normalized spacial score (nSPS) is 15.8. The number of anilines is 1. The van der Waals surface area contributed by atoms with Gasteiger partial charge in [0.2, 0.25) is 0 Å². The summed E-state index contributed by atoms with van der Waals surface area (Å²) >= 11 is 12.3. The van der Waals surface area contributed by atoms with E-state index < -0.39 is 0 Å². The summed E-state index contributed by atoms with van der Waals surface area (Å²) in [5.41, 5.74) is 2.16. The summed E-state index contributed by atoms with van der Waals surface area (Å²) in [5, 5.41) is 1.42. The molecule has 1 aliphatic rings. The molecule has 3 rings (SSSR count). The van der Waals surface area contributed by atoms with Gasteiger partial charge >= 0.3 is 0 Å². The molecule has 1 aliphatic heterocycles. The lowest BCUT2D eigenvalue weighted by atomic mass is 10.2. The summed E-state index contributed by atoms with van der Waals surface area (Å²) in [6, 6.07) is 7.80. The van der Waals surface area contributed by atoms with Crippen LogP contribution in [0, 0.1) is 6.92 Å². The van der Waals surface area contributed by atoms with E-state index in [-0.39, 0.29) is 0 Å². The Balaban J connectivity index is 1.64. The lowest BCUT2D eigenvalue weighted by Gasteiger charge is -2.35. The van der Waals surface area contributed by atoms with Crippen molar-refractivity contribution in [3.63, 3.8) is 0 Å². The highest BCUT2D eigenvalue weighted by atomic mass is 35.5. The molecule has 0 N–H and O–H groups in total. The highest BCUT2D eigenvalue weighted by Gasteiger charge is 2.20. The number of aryl methyl sites for hydroxylation is 1. The number of rotatable bonds is 4. The Morgan fingerprint density at radius 2 is 1.76 bits per heavy atom. The molecule has 0 saturated carbocycles. The third-order valence-corrected chi connectivity index (χ3v) is 5.07. The van der Waals surface area contributed by atoms with Crippen LogP contribution in [-0.2, 0) is 6.54 Å². The molecule has 0 bridgehead atoms. The Labute approximate surface area is 159 Å². The summed E-state index contributed by atoms with van der Waals surface area (Å²) in [7, 11) is 0. The van der Waals surface area contributed by atoms with Crippen LogP contribution in [-0.4, -0.2) is 41.0 Å². The van der Waals surface area contributed by atoms with Crippen LogP contribution in [0.15, 0.2) is 24.3 Å². The molecule has 4 nitrogen and oxygen atoms in total. The van der Waals surface area contributed by atoms with E-state index in [1.165, 1.54) is 0 Å². The zero-order chi connectivity index (χ0) is 18.0. The number of nitrogens with zero attached hydrogens (tertiary/aromatic N) is 4. The van der Waals surface area contributed by atoms with E-state index in [1.54, 1.807) is 0 Å². The predicted molar refractivity (Wildman–Crippen MR) is 105 cm³/mol. The van der Waals surface area contributed by atoms with Crippen LogP contribution in [0.3, 0.4) is 0 Å². The van der Waals surface area contributed by atoms with Crippen LogP contribution >= 0.6 is 23.2 Å². The van der Waals surface area contributed by atoms with Crippen LogP contribution in [0.1, 0.15) is 36.8 Å². The van der Waals surface area contributed by atoms with Gasteiger partial charge in [-0.2, -0.15) is 0 Å². The van der Waals surface area contributed by atoms with Crippen molar-refractivity contribution in [2.45, 2.75) is 33.2 Å². The Morgan fingerprint density at radius 1 is 1.04 bits per heavy atom. The molecule has 0 atom stereocenters. The van der Waals surface area contributed by atoms with Crippen LogP contribution in [0.5, 0.6) is 0 Å². The van der Waals surface area contributed by atoms with Gasteiger partial charge in [0.25, 0.3) is 0 Å². The van der Waals surface area contributed by atoms with Gasteiger partial charge in [-0.15, -0.1) is 0 Å². The van der Waals surface area contributed by atoms with Gasteiger partial charge in [-0.3, -0.25) is 4.90 Å². The standard InChI is InChI=1S/C19H24Cl2N4/c1-13(2)19-22-14(3)10-18(23-19)25-8-6-24(7-9-25)12-15-4-5-16(20)11-17(15)21/h4-5,10-11,13H,6-9,12H2,1-3H3. The van der Waals surface area contributed by atoms with Crippen molar-refractivity contribution in [3.8, 4) is 0 Å². The summed E-state index contributed by atoms with van der Waals surface area (Å²) in [4.78, 5) is 14.1. The minimum absolute atomic E-state index is 0.340. The number of aromatic nitrogens is 2. The van der Waals surface area contributed by atoms with E-state index in [0.29, 0.717) is 10.9 Å². The highest BCUT2D eigenvalue weighted by Crippen LogP contribution is 2.24. The van der Waals surface area contributed by atoms with Crippen LogP contribution in [0.4, 0.5) is 5.82 Å². The molecule has 25 heavy (non-hydrogen) atoms. The first-order valence-electron chi connectivity index (χ1n) is 8.69. The Hall–Kier alpha value is -1.36. The lowest BCUT2D eigenvalue weighted by molar-refractivity contribution is 0.249. The average Bonchev–Trinajstić information content (AvgIpc) is 2.57. The van der Waals surface area contributed by atoms with E-state index in [0.717, 1.165) is 60.6 Å². The Kier molecular flexibility index (Phi) is 5.82. The molecule has 1 saturated heterocycles. The van der Waals surface area contributed by atoms with Gasteiger partial charge in [-0.25, -0.2) is 9.97 Å². The van der Waals surface area contributed by atoms with Crippen LogP contribution in [0.2, 0.25) is 10.0 Å². The molecule has 134 valence electrons. The molecule has 0 spiro atoms. The minimum Gasteiger partial charge on any atom is -0.354 e. The first-order chi connectivity index (χ1) is 11.9. The summed E-state index contributed by atoms with van der Waals surface area (Å²) in [6.45, 7) is 11.0. The molecule has 0 aliphatic carbocycles. The van der Waals surface area contributed by atoms with Crippen molar-refractivity contribution in [3.05, 3.63) is 51.4 Å². The minimum atomic E-state index is 0.340. The van der Waals surface area contributed by atoms with Crippen molar-refractivity contribution in [2.75, 3.05) is 31.1 Å². The van der Waals surface area contributed by atoms with Crippen LogP contribution in [0.25, 0.3) is 0 Å². The topological polar surface area (TPSA) is 32.3 Å². The predicted octanol–water partition coefficient (Wildman–Crippen LogP) is 4.54. The van der Waals surface area contributed by atoms with E-state index in [2.05, 4.69) is 34.7 Å². The highest BCUT2D eigenvalue weighted by molar-refractivity contribution is 6.35. The maximum absolute atomic E-state index is 6.30. The molecule has 0 unspecified atom stereocenters. The van der Waals surface area contributed by atoms with Crippen molar-refractivity contribution < 1.29 is 0 Å². The third-order valence-electron chi connectivity index (χ3n) is 4.48. The SMILES string of the molecule is Cc1cc(N2CCN(Cc3ccc(Cl)cc3Cl)CC2)nc(C(C)C)n1. The first kappa shape index (κ1) is 18.4. The monoisotopic (exact) mass is 378 g/mol. The van der Waals surface area contributed by atoms with Gasteiger partial charge in [0.15, 0.2) is 0 Å². The van der Waals surface area contributed by atoms with E-state index in [4.69, 9.17) is 28.2 Å². The molecule has 1 fully saturated rings. The maximum atomic E-state index is 6.30. The number of benzene rings is 1. The fourth-order valence-corrected chi connectivity index (χ4v) is 3.49. The molecule has 2 heterocycles. The molecule has 1 aromatic heterocycles. The van der Waals surface area contributed by atoms with Crippen molar-refractivity contribution in [1.82, 2.24) is 14.9 Å². The Bertz CT molecular complexity index is 740. The quantitative estimate of drug-likeness (QED) is 0.781. The van der Waals surface area contributed by atoms with E-state index >= 15 is 0 Å². The molecular formula is C19H24Cl2N4. The smallest absolute Gasteiger partial charge is 0.133 e. The van der Waals surface area contributed by atoms with Crippen molar-refractivity contribution >= 4 is 29.0 Å². The molecule has 2 aromatic rings. The van der Waals surface area contributed by atoms with Gasteiger partial charge in [0.1, 0.15) is 11.6 Å². The van der Waals surface area contributed by atoms with Gasteiger partial charge < -0.3 is 4.90 Å². The average molecular weight is 379 g/mol. The van der Waals surface area contributed by atoms with Crippen LogP contribution < -0.4 is 4.90 Å². The number of hydrogen-bond donors (Lipinski definition) is 0. The Morgan fingerprint density at radius 3 is 2.40 bits per heavy atom. The molecule has 1 aromatic carbocycles. The second-order valence-electron chi connectivity index (χ2n) is 6.88. The number of hydrogen-bond acceptors (Lipinski definition) is 4. The molecule has 0 amide bonds. The van der Waals surface area contributed by atoms with Gasteiger partial charge in [-0.1, -0.05) is 43.1 Å². The van der Waals surface area contributed by atoms with Crippen molar-refractivity contribution in [1.29, 1.82) is 0 Å². The third kappa shape index (κ3) is 4.63. The van der Waals surface area contributed by atoms with Gasteiger partial charge in [0.05, 0.1) is 0 Å². The molecule has 6 heteroatoms. The first-order valence-corrected chi connectivity index (χ1v) is 9.45. The number of piperazine rings is 1.